The Labute approximate surface area is 126 Å². The van der Waals surface area contributed by atoms with Crippen molar-refractivity contribution in [2.75, 3.05) is 11.9 Å². The van der Waals surface area contributed by atoms with Gasteiger partial charge in [-0.1, -0.05) is 18.0 Å². The first-order valence-electron chi connectivity index (χ1n) is 5.66. The fraction of sp³-hybridized carbons (Fsp3) is 0.417. The molecule has 2 rings (SSSR count). The summed E-state index contributed by atoms with van der Waals surface area (Å²) in [5, 5.41) is 6.74. The number of halogens is 3. The van der Waals surface area contributed by atoms with Crippen LogP contribution in [0, 0.1) is 0 Å². The molecular formula is C12H15BrCl2N2O. The lowest BCUT2D eigenvalue weighted by Gasteiger charge is -2.22. The SMILES string of the molecule is Cl.O=C(Nc1ccc(Cl)c(Br)c1)[C@@H]1CCCCN1. The van der Waals surface area contributed by atoms with Gasteiger partial charge < -0.3 is 10.6 Å². The largest absolute Gasteiger partial charge is 0.325 e. The van der Waals surface area contributed by atoms with Crippen molar-refractivity contribution in [2.24, 2.45) is 0 Å². The van der Waals surface area contributed by atoms with Crippen LogP contribution in [0.25, 0.3) is 0 Å². The van der Waals surface area contributed by atoms with Crippen molar-refractivity contribution in [3.05, 3.63) is 27.7 Å². The molecule has 100 valence electrons. The Kier molecular flexibility index (Phi) is 6.43. The van der Waals surface area contributed by atoms with Gasteiger partial charge in [0.1, 0.15) is 0 Å². The molecule has 0 radical (unpaired) electrons. The summed E-state index contributed by atoms with van der Waals surface area (Å²) >= 11 is 9.23. The van der Waals surface area contributed by atoms with E-state index in [1.54, 1.807) is 12.1 Å². The number of hydrogen-bond donors (Lipinski definition) is 2. The maximum atomic E-state index is 11.9. The molecule has 0 spiro atoms. The number of piperidine rings is 1. The highest BCUT2D eigenvalue weighted by Crippen LogP contribution is 2.25. The van der Waals surface area contributed by atoms with Gasteiger partial charge in [0.05, 0.1) is 11.1 Å². The Morgan fingerprint density at radius 3 is 2.83 bits per heavy atom. The van der Waals surface area contributed by atoms with Gasteiger partial charge in [-0.3, -0.25) is 4.79 Å². The van der Waals surface area contributed by atoms with Gasteiger partial charge in [-0.05, 0) is 53.5 Å². The van der Waals surface area contributed by atoms with Crippen LogP contribution in [0.3, 0.4) is 0 Å². The van der Waals surface area contributed by atoms with Crippen molar-refractivity contribution in [2.45, 2.75) is 25.3 Å². The molecule has 0 aromatic heterocycles. The molecule has 1 saturated heterocycles. The zero-order chi connectivity index (χ0) is 12.3. The number of anilines is 1. The minimum Gasteiger partial charge on any atom is -0.325 e. The second kappa shape index (κ2) is 7.34. The summed E-state index contributed by atoms with van der Waals surface area (Å²) in [6.07, 6.45) is 3.16. The summed E-state index contributed by atoms with van der Waals surface area (Å²) in [6.45, 7) is 0.919. The average molecular weight is 354 g/mol. The lowest BCUT2D eigenvalue weighted by atomic mass is 10.0. The molecule has 1 aliphatic rings. The van der Waals surface area contributed by atoms with Gasteiger partial charge >= 0.3 is 0 Å². The number of benzene rings is 1. The zero-order valence-corrected chi connectivity index (χ0v) is 12.9. The predicted molar refractivity (Wildman–Crippen MR) is 80.7 cm³/mol. The first kappa shape index (κ1) is 15.8. The van der Waals surface area contributed by atoms with E-state index >= 15 is 0 Å². The molecule has 2 N–H and O–H groups in total. The molecular weight excluding hydrogens is 339 g/mol. The highest BCUT2D eigenvalue weighted by molar-refractivity contribution is 9.10. The topological polar surface area (TPSA) is 41.1 Å². The van der Waals surface area contributed by atoms with E-state index in [1.165, 1.54) is 0 Å². The van der Waals surface area contributed by atoms with E-state index in [9.17, 15) is 4.79 Å². The van der Waals surface area contributed by atoms with Crippen molar-refractivity contribution >= 4 is 51.5 Å². The minimum absolute atomic E-state index is 0. The van der Waals surface area contributed by atoms with Crippen LogP contribution in [0.2, 0.25) is 5.02 Å². The van der Waals surface area contributed by atoms with Gasteiger partial charge in [0.2, 0.25) is 5.91 Å². The molecule has 1 heterocycles. The van der Waals surface area contributed by atoms with Crippen LogP contribution in [0.1, 0.15) is 19.3 Å². The van der Waals surface area contributed by atoms with E-state index in [4.69, 9.17) is 11.6 Å². The van der Waals surface area contributed by atoms with E-state index < -0.39 is 0 Å². The van der Waals surface area contributed by atoms with Gasteiger partial charge in [-0.15, -0.1) is 12.4 Å². The standard InChI is InChI=1S/C12H14BrClN2O.ClH/c13-9-7-8(4-5-10(9)14)16-12(17)11-3-1-2-6-15-11;/h4-5,7,11,15H,1-3,6H2,(H,16,17);1H/t11-;/m0./s1. The fourth-order valence-corrected chi connectivity index (χ4v) is 2.38. The molecule has 3 nitrogen and oxygen atoms in total. The third-order valence-electron chi connectivity index (χ3n) is 2.81. The number of amides is 1. The second-order valence-electron chi connectivity index (χ2n) is 4.12. The van der Waals surface area contributed by atoms with E-state index in [0.29, 0.717) is 5.02 Å². The summed E-state index contributed by atoms with van der Waals surface area (Å²) in [7, 11) is 0. The molecule has 0 bridgehead atoms. The van der Waals surface area contributed by atoms with Crippen molar-refractivity contribution in [3.63, 3.8) is 0 Å². The molecule has 1 fully saturated rings. The Morgan fingerprint density at radius 2 is 2.22 bits per heavy atom. The Hall–Kier alpha value is -0.290. The van der Waals surface area contributed by atoms with E-state index in [-0.39, 0.29) is 24.4 Å². The first-order valence-corrected chi connectivity index (χ1v) is 6.83. The molecule has 1 aliphatic heterocycles. The smallest absolute Gasteiger partial charge is 0.241 e. The van der Waals surface area contributed by atoms with Crippen LogP contribution in [-0.2, 0) is 4.79 Å². The van der Waals surface area contributed by atoms with Crippen LogP contribution in [0.15, 0.2) is 22.7 Å². The lowest BCUT2D eigenvalue weighted by molar-refractivity contribution is -0.118. The highest BCUT2D eigenvalue weighted by atomic mass is 79.9. The van der Waals surface area contributed by atoms with Gasteiger partial charge in [0, 0.05) is 10.2 Å². The summed E-state index contributed by atoms with van der Waals surface area (Å²) < 4.78 is 0.786. The summed E-state index contributed by atoms with van der Waals surface area (Å²) in [5.41, 5.74) is 0.763. The van der Waals surface area contributed by atoms with Crippen LogP contribution in [-0.4, -0.2) is 18.5 Å². The van der Waals surface area contributed by atoms with Crippen molar-refractivity contribution in [1.82, 2.24) is 5.32 Å². The average Bonchev–Trinajstić information content (AvgIpc) is 2.35. The Bertz CT molecular complexity index is 423. The van der Waals surface area contributed by atoms with Crippen LogP contribution in [0.4, 0.5) is 5.69 Å². The molecule has 18 heavy (non-hydrogen) atoms. The third-order valence-corrected chi connectivity index (χ3v) is 4.03. The molecule has 1 atom stereocenters. The summed E-state index contributed by atoms with van der Waals surface area (Å²) in [5.74, 6) is 0.0268. The van der Waals surface area contributed by atoms with Crippen molar-refractivity contribution in [1.29, 1.82) is 0 Å². The molecule has 0 saturated carbocycles. The van der Waals surface area contributed by atoms with E-state index in [2.05, 4.69) is 26.6 Å². The van der Waals surface area contributed by atoms with Gasteiger partial charge in [0.25, 0.3) is 0 Å². The first-order chi connectivity index (χ1) is 8.16. The fourth-order valence-electron chi connectivity index (χ4n) is 1.88. The number of hydrogen-bond acceptors (Lipinski definition) is 2. The maximum Gasteiger partial charge on any atom is 0.241 e. The lowest BCUT2D eigenvalue weighted by Crippen LogP contribution is -2.43. The van der Waals surface area contributed by atoms with E-state index in [0.717, 1.165) is 36.0 Å². The van der Waals surface area contributed by atoms with E-state index in [1.807, 2.05) is 6.07 Å². The normalized spacial score (nSPS) is 18.9. The monoisotopic (exact) mass is 352 g/mol. The Morgan fingerprint density at radius 1 is 1.44 bits per heavy atom. The molecule has 1 amide bonds. The Balaban J connectivity index is 0.00000162. The minimum atomic E-state index is -0.0711. The van der Waals surface area contributed by atoms with Gasteiger partial charge in [0.15, 0.2) is 0 Å². The number of nitrogens with one attached hydrogen (secondary N) is 2. The van der Waals surface area contributed by atoms with Crippen molar-refractivity contribution < 1.29 is 4.79 Å². The molecule has 0 aliphatic carbocycles. The van der Waals surface area contributed by atoms with Gasteiger partial charge in [-0.25, -0.2) is 0 Å². The quantitative estimate of drug-likeness (QED) is 0.852. The van der Waals surface area contributed by atoms with Gasteiger partial charge in [-0.2, -0.15) is 0 Å². The number of carbonyl (C=O) groups is 1. The molecule has 0 unspecified atom stereocenters. The number of carbonyl (C=O) groups excluding carboxylic acids is 1. The zero-order valence-electron chi connectivity index (χ0n) is 9.71. The second-order valence-corrected chi connectivity index (χ2v) is 5.38. The molecule has 1 aromatic carbocycles. The van der Waals surface area contributed by atoms with Crippen LogP contribution in [0.5, 0.6) is 0 Å². The molecule has 6 heteroatoms. The maximum absolute atomic E-state index is 11.9. The molecule has 1 aromatic rings. The van der Waals surface area contributed by atoms with Crippen molar-refractivity contribution in [3.8, 4) is 0 Å². The van der Waals surface area contributed by atoms with Crippen LogP contribution < -0.4 is 10.6 Å². The highest BCUT2D eigenvalue weighted by Gasteiger charge is 2.20. The predicted octanol–water partition coefficient (Wildman–Crippen LogP) is 3.60. The summed E-state index contributed by atoms with van der Waals surface area (Å²) in [4.78, 5) is 11.9. The van der Waals surface area contributed by atoms with Crippen LogP contribution >= 0.6 is 39.9 Å². The number of rotatable bonds is 2. The summed E-state index contributed by atoms with van der Waals surface area (Å²) in [6, 6.07) is 5.30. The third kappa shape index (κ3) is 4.12.